The summed E-state index contributed by atoms with van der Waals surface area (Å²) >= 11 is 0. The lowest BCUT2D eigenvalue weighted by atomic mass is 10.1. The van der Waals surface area contributed by atoms with Gasteiger partial charge in [0.05, 0.1) is 6.10 Å². The van der Waals surface area contributed by atoms with Gasteiger partial charge in [-0.15, -0.1) is 0 Å². The Labute approximate surface area is 79.6 Å². The molecule has 0 amide bonds. The van der Waals surface area contributed by atoms with Crippen molar-refractivity contribution < 1.29 is 5.11 Å². The molecule has 0 aliphatic rings. The van der Waals surface area contributed by atoms with E-state index in [1.807, 2.05) is 7.05 Å². The average Bonchev–Trinajstić information content (AvgIpc) is 2.09. The molecule has 2 heteroatoms. The van der Waals surface area contributed by atoms with Crippen molar-refractivity contribution in [3.05, 3.63) is 35.4 Å². The first-order valence-electron chi connectivity index (χ1n) is 4.60. The molecule has 0 heterocycles. The van der Waals surface area contributed by atoms with Gasteiger partial charge >= 0.3 is 0 Å². The van der Waals surface area contributed by atoms with Crippen molar-refractivity contribution in [3.8, 4) is 0 Å². The van der Waals surface area contributed by atoms with Gasteiger partial charge in [-0.25, -0.2) is 0 Å². The van der Waals surface area contributed by atoms with Crippen molar-refractivity contribution >= 4 is 0 Å². The molecule has 1 unspecified atom stereocenters. The molecule has 1 rings (SSSR count). The van der Waals surface area contributed by atoms with Gasteiger partial charge in [0.1, 0.15) is 0 Å². The molecule has 0 bridgehead atoms. The predicted molar refractivity (Wildman–Crippen MR) is 54.8 cm³/mol. The summed E-state index contributed by atoms with van der Waals surface area (Å²) in [6.45, 7) is 2.71. The van der Waals surface area contributed by atoms with Crippen LogP contribution in [0.1, 0.15) is 11.1 Å². The molecule has 1 aromatic rings. The van der Waals surface area contributed by atoms with Crippen LogP contribution in [0.3, 0.4) is 0 Å². The molecule has 1 aromatic carbocycles. The topological polar surface area (TPSA) is 32.3 Å². The molecule has 0 aliphatic heterocycles. The van der Waals surface area contributed by atoms with Crippen LogP contribution >= 0.6 is 0 Å². The molecular formula is C11H17NO. The van der Waals surface area contributed by atoms with Crippen LogP contribution in [0.15, 0.2) is 24.3 Å². The molecule has 0 aliphatic carbocycles. The van der Waals surface area contributed by atoms with Crippen LogP contribution in [-0.2, 0) is 6.42 Å². The van der Waals surface area contributed by atoms with Crippen molar-refractivity contribution in [2.45, 2.75) is 19.4 Å². The van der Waals surface area contributed by atoms with E-state index in [-0.39, 0.29) is 6.10 Å². The molecule has 0 aromatic heterocycles. The molecule has 0 fully saturated rings. The summed E-state index contributed by atoms with van der Waals surface area (Å²) in [6, 6.07) is 8.27. The van der Waals surface area contributed by atoms with E-state index >= 15 is 0 Å². The normalized spacial score (nSPS) is 12.8. The number of benzene rings is 1. The van der Waals surface area contributed by atoms with Gasteiger partial charge in [-0.1, -0.05) is 29.8 Å². The summed E-state index contributed by atoms with van der Waals surface area (Å²) in [5.74, 6) is 0. The molecule has 0 radical (unpaired) electrons. The molecule has 2 nitrogen and oxygen atoms in total. The summed E-state index contributed by atoms with van der Waals surface area (Å²) in [6.07, 6.45) is 0.439. The number of aliphatic hydroxyl groups is 1. The molecule has 0 saturated heterocycles. The molecule has 13 heavy (non-hydrogen) atoms. The van der Waals surface area contributed by atoms with Crippen LogP contribution in [0.5, 0.6) is 0 Å². The highest BCUT2D eigenvalue weighted by Gasteiger charge is 2.02. The van der Waals surface area contributed by atoms with Gasteiger partial charge in [0.2, 0.25) is 0 Å². The fourth-order valence-electron chi connectivity index (χ4n) is 1.30. The number of aliphatic hydroxyl groups excluding tert-OH is 1. The van der Waals surface area contributed by atoms with Gasteiger partial charge in [-0.05, 0) is 26.0 Å². The standard InChI is InChI=1S/C11H17NO/c1-9-3-5-10(6-4-9)7-11(13)8-12-2/h3-6,11-13H,7-8H2,1-2H3. The van der Waals surface area contributed by atoms with Crippen LogP contribution in [-0.4, -0.2) is 24.8 Å². The molecular weight excluding hydrogens is 162 g/mol. The summed E-state index contributed by atoms with van der Waals surface area (Å²) < 4.78 is 0. The second kappa shape index (κ2) is 5.00. The summed E-state index contributed by atoms with van der Waals surface area (Å²) in [5.41, 5.74) is 2.44. The molecule has 1 atom stereocenters. The number of nitrogens with one attached hydrogen (secondary N) is 1. The highest BCUT2D eigenvalue weighted by atomic mass is 16.3. The Balaban J connectivity index is 2.49. The number of hydrogen-bond donors (Lipinski definition) is 2. The van der Waals surface area contributed by atoms with E-state index in [0.29, 0.717) is 6.54 Å². The van der Waals surface area contributed by atoms with E-state index in [0.717, 1.165) is 6.42 Å². The van der Waals surface area contributed by atoms with Gasteiger partial charge in [0.25, 0.3) is 0 Å². The smallest absolute Gasteiger partial charge is 0.0704 e. The number of aryl methyl sites for hydroxylation is 1. The third-order valence-electron chi connectivity index (χ3n) is 2.03. The Hall–Kier alpha value is -0.860. The predicted octanol–water partition coefficient (Wildman–Crippen LogP) is 1.12. The van der Waals surface area contributed by atoms with E-state index < -0.39 is 0 Å². The monoisotopic (exact) mass is 179 g/mol. The minimum Gasteiger partial charge on any atom is -0.391 e. The lowest BCUT2D eigenvalue weighted by Gasteiger charge is -2.09. The third-order valence-corrected chi connectivity index (χ3v) is 2.03. The Kier molecular flexibility index (Phi) is 3.93. The van der Waals surface area contributed by atoms with Gasteiger partial charge in [0.15, 0.2) is 0 Å². The number of rotatable bonds is 4. The van der Waals surface area contributed by atoms with Crippen molar-refractivity contribution in [3.63, 3.8) is 0 Å². The van der Waals surface area contributed by atoms with Crippen molar-refractivity contribution in [2.75, 3.05) is 13.6 Å². The van der Waals surface area contributed by atoms with E-state index in [1.165, 1.54) is 11.1 Å². The maximum atomic E-state index is 9.51. The third kappa shape index (κ3) is 3.57. The average molecular weight is 179 g/mol. The van der Waals surface area contributed by atoms with Gasteiger partial charge < -0.3 is 10.4 Å². The second-order valence-electron chi connectivity index (χ2n) is 3.40. The van der Waals surface area contributed by atoms with Crippen LogP contribution in [0, 0.1) is 6.92 Å². The highest BCUT2D eigenvalue weighted by molar-refractivity contribution is 5.21. The number of hydrogen-bond acceptors (Lipinski definition) is 2. The summed E-state index contributed by atoms with van der Waals surface area (Å²) in [4.78, 5) is 0. The Morgan fingerprint density at radius 2 is 1.92 bits per heavy atom. The van der Waals surface area contributed by atoms with Crippen LogP contribution < -0.4 is 5.32 Å². The summed E-state index contributed by atoms with van der Waals surface area (Å²) in [7, 11) is 1.85. The summed E-state index contributed by atoms with van der Waals surface area (Å²) in [5, 5.41) is 12.5. The quantitative estimate of drug-likeness (QED) is 0.726. The second-order valence-corrected chi connectivity index (χ2v) is 3.40. The Bertz CT molecular complexity index is 243. The largest absolute Gasteiger partial charge is 0.391 e. The zero-order chi connectivity index (χ0) is 9.68. The lowest BCUT2D eigenvalue weighted by molar-refractivity contribution is 0.175. The Morgan fingerprint density at radius 1 is 1.31 bits per heavy atom. The van der Waals surface area contributed by atoms with Gasteiger partial charge in [0, 0.05) is 6.54 Å². The van der Waals surface area contributed by atoms with E-state index in [1.54, 1.807) is 0 Å². The molecule has 2 N–H and O–H groups in total. The molecule has 0 spiro atoms. The van der Waals surface area contributed by atoms with Crippen LogP contribution in [0.25, 0.3) is 0 Å². The zero-order valence-corrected chi connectivity index (χ0v) is 8.25. The van der Waals surface area contributed by atoms with E-state index in [9.17, 15) is 5.11 Å². The van der Waals surface area contributed by atoms with Gasteiger partial charge in [-0.3, -0.25) is 0 Å². The van der Waals surface area contributed by atoms with E-state index in [4.69, 9.17) is 0 Å². The van der Waals surface area contributed by atoms with Crippen LogP contribution in [0.4, 0.5) is 0 Å². The fourth-order valence-corrected chi connectivity index (χ4v) is 1.30. The van der Waals surface area contributed by atoms with Crippen molar-refractivity contribution in [2.24, 2.45) is 0 Å². The van der Waals surface area contributed by atoms with Crippen molar-refractivity contribution in [1.82, 2.24) is 5.32 Å². The minimum atomic E-state index is -0.285. The maximum Gasteiger partial charge on any atom is 0.0704 e. The first kappa shape index (κ1) is 10.2. The SMILES string of the molecule is CNCC(O)Cc1ccc(C)cc1. The van der Waals surface area contributed by atoms with Crippen molar-refractivity contribution in [1.29, 1.82) is 0 Å². The number of likely N-dealkylation sites (N-methyl/N-ethyl adjacent to an activating group) is 1. The maximum absolute atomic E-state index is 9.51. The highest BCUT2D eigenvalue weighted by Crippen LogP contribution is 2.05. The minimum absolute atomic E-state index is 0.285. The Morgan fingerprint density at radius 3 is 2.46 bits per heavy atom. The molecule has 0 saturated carbocycles. The van der Waals surface area contributed by atoms with Gasteiger partial charge in [-0.2, -0.15) is 0 Å². The van der Waals surface area contributed by atoms with Crippen LogP contribution in [0.2, 0.25) is 0 Å². The fraction of sp³-hybridized carbons (Fsp3) is 0.455. The first-order valence-corrected chi connectivity index (χ1v) is 4.60. The van der Waals surface area contributed by atoms with E-state index in [2.05, 4.69) is 36.5 Å². The first-order chi connectivity index (χ1) is 6.22. The molecule has 72 valence electrons. The zero-order valence-electron chi connectivity index (χ0n) is 8.25. The lowest BCUT2D eigenvalue weighted by Crippen LogP contribution is -2.25.